The maximum atomic E-state index is 5.90. The van der Waals surface area contributed by atoms with E-state index < -0.39 is 0 Å². The van der Waals surface area contributed by atoms with Crippen LogP contribution in [0.2, 0.25) is 10.0 Å². The van der Waals surface area contributed by atoms with Crippen LogP contribution in [-0.2, 0) is 0 Å². The molecule has 0 bridgehead atoms. The minimum Gasteiger partial charge on any atom is -0.0995 e. The molecule has 0 aliphatic carbocycles. The fourth-order valence-electron chi connectivity index (χ4n) is 1.07. The maximum absolute atomic E-state index is 5.90. The van der Waals surface area contributed by atoms with Gasteiger partial charge in [0.1, 0.15) is 0 Å². The van der Waals surface area contributed by atoms with Crippen molar-refractivity contribution in [2.45, 2.75) is 19.8 Å². The zero-order valence-electron chi connectivity index (χ0n) is 7.77. The van der Waals surface area contributed by atoms with Crippen LogP contribution in [0.4, 0.5) is 0 Å². The molecule has 0 heterocycles. The van der Waals surface area contributed by atoms with Gasteiger partial charge < -0.3 is 0 Å². The van der Waals surface area contributed by atoms with Gasteiger partial charge in [-0.2, -0.15) is 0 Å². The van der Waals surface area contributed by atoms with Crippen LogP contribution >= 0.6 is 23.2 Å². The van der Waals surface area contributed by atoms with E-state index in [4.69, 9.17) is 23.2 Å². The van der Waals surface area contributed by atoms with Crippen molar-refractivity contribution < 1.29 is 0 Å². The predicted octanol–water partition coefficient (Wildman–Crippen LogP) is 4.67. The van der Waals surface area contributed by atoms with E-state index in [-0.39, 0.29) is 0 Å². The van der Waals surface area contributed by atoms with Gasteiger partial charge in [0.15, 0.2) is 0 Å². The van der Waals surface area contributed by atoms with E-state index >= 15 is 0 Å². The summed E-state index contributed by atoms with van der Waals surface area (Å²) in [7, 11) is 0. The summed E-state index contributed by atoms with van der Waals surface area (Å²) in [6.07, 6.45) is 0. The van der Waals surface area contributed by atoms with Crippen LogP contribution in [0.25, 0.3) is 0 Å². The number of hydrogen-bond acceptors (Lipinski definition) is 0. The van der Waals surface area contributed by atoms with Crippen LogP contribution in [0.5, 0.6) is 0 Å². The van der Waals surface area contributed by atoms with Gasteiger partial charge in [-0.05, 0) is 24.6 Å². The first-order valence-electron chi connectivity index (χ1n) is 4.12. The molecule has 1 rings (SSSR count). The largest absolute Gasteiger partial charge is 0.0995 e. The molecule has 1 atom stereocenters. The number of benzene rings is 1. The summed E-state index contributed by atoms with van der Waals surface area (Å²) in [5.74, 6) is 0.328. The molecule has 70 valence electrons. The van der Waals surface area contributed by atoms with Gasteiger partial charge in [0.05, 0.1) is 10.0 Å². The lowest BCUT2D eigenvalue weighted by Gasteiger charge is -2.11. The third kappa shape index (κ3) is 2.49. The molecule has 0 fully saturated rings. The molecular weight excluding hydrogens is 203 g/mol. The van der Waals surface area contributed by atoms with Gasteiger partial charge in [-0.25, -0.2) is 0 Å². The summed E-state index contributed by atoms with van der Waals surface area (Å²) in [6, 6.07) is 5.69. The third-order valence-corrected chi connectivity index (χ3v) is 2.92. The van der Waals surface area contributed by atoms with Gasteiger partial charge in [-0.3, -0.25) is 0 Å². The minimum absolute atomic E-state index is 0.328. The zero-order chi connectivity index (χ0) is 10.0. The Kier molecular flexibility index (Phi) is 3.40. The number of rotatable bonds is 2. The van der Waals surface area contributed by atoms with Crippen molar-refractivity contribution in [2.24, 2.45) is 0 Å². The molecule has 0 spiro atoms. The highest BCUT2D eigenvalue weighted by Gasteiger charge is 2.07. The molecule has 0 N–H and O–H groups in total. The van der Waals surface area contributed by atoms with E-state index in [1.54, 1.807) is 0 Å². The van der Waals surface area contributed by atoms with Gasteiger partial charge in [0.2, 0.25) is 0 Å². The average Bonchev–Trinajstić information content (AvgIpc) is 2.08. The molecule has 0 amide bonds. The summed E-state index contributed by atoms with van der Waals surface area (Å²) >= 11 is 11.7. The highest BCUT2D eigenvalue weighted by molar-refractivity contribution is 6.42. The lowest BCUT2D eigenvalue weighted by atomic mass is 9.95. The van der Waals surface area contributed by atoms with Gasteiger partial charge in [-0.1, -0.05) is 48.3 Å². The van der Waals surface area contributed by atoms with Crippen LogP contribution in [0.15, 0.2) is 30.4 Å². The molecule has 0 saturated heterocycles. The molecule has 1 aromatic carbocycles. The Morgan fingerprint density at radius 1 is 1.31 bits per heavy atom. The molecule has 0 aromatic heterocycles. The molecule has 0 nitrogen and oxygen atoms in total. The lowest BCUT2D eigenvalue weighted by Crippen LogP contribution is -1.93. The zero-order valence-corrected chi connectivity index (χ0v) is 9.28. The molecule has 0 radical (unpaired) electrons. The molecule has 1 aromatic rings. The topological polar surface area (TPSA) is 0 Å². The van der Waals surface area contributed by atoms with Crippen molar-refractivity contribution in [3.05, 3.63) is 46.0 Å². The maximum Gasteiger partial charge on any atom is 0.0595 e. The molecule has 1 unspecified atom stereocenters. The predicted molar refractivity (Wildman–Crippen MR) is 59.7 cm³/mol. The summed E-state index contributed by atoms with van der Waals surface area (Å²) in [5.41, 5.74) is 2.28. The monoisotopic (exact) mass is 214 g/mol. The first kappa shape index (κ1) is 10.6. The van der Waals surface area contributed by atoms with Crippen LogP contribution < -0.4 is 0 Å². The van der Waals surface area contributed by atoms with Crippen molar-refractivity contribution in [1.82, 2.24) is 0 Å². The Hall–Kier alpha value is -0.460. The fourth-order valence-corrected chi connectivity index (χ4v) is 1.37. The molecule has 13 heavy (non-hydrogen) atoms. The minimum atomic E-state index is 0.328. The summed E-state index contributed by atoms with van der Waals surface area (Å²) in [4.78, 5) is 0. The number of hydrogen-bond donors (Lipinski definition) is 0. The average molecular weight is 215 g/mol. The van der Waals surface area contributed by atoms with E-state index in [0.717, 1.165) is 11.1 Å². The van der Waals surface area contributed by atoms with E-state index in [2.05, 4.69) is 13.5 Å². The Morgan fingerprint density at radius 2 is 1.92 bits per heavy atom. The standard InChI is InChI=1S/C11H12Cl2/c1-7(2)8(3)9-4-5-10(12)11(13)6-9/h4-6,8H,1H2,2-3H3. The lowest BCUT2D eigenvalue weighted by molar-refractivity contribution is 0.899. The van der Waals surface area contributed by atoms with E-state index in [0.29, 0.717) is 16.0 Å². The third-order valence-electron chi connectivity index (χ3n) is 2.18. The first-order valence-corrected chi connectivity index (χ1v) is 4.88. The quantitative estimate of drug-likeness (QED) is 0.628. The second-order valence-corrected chi connectivity index (χ2v) is 4.06. The van der Waals surface area contributed by atoms with Crippen LogP contribution in [0.1, 0.15) is 25.3 Å². The fraction of sp³-hybridized carbons (Fsp3) is 0.273. The van der Waals surface area contributed by atoms with Crippen molar-refractivity contribution >= 4 is 23.2 Å². The van der Waals surface area contributed by atoms with Crippen LogP contribution in [0.3, 0.4) is 0 Å². The second kappa shape index (κ2) is 4.17. The molecular formula is C11H12Cl2. The SMILES string of the molecule is C=C(C)C(C)c1ccc(Cl)c(Cl)c1. The smallest absolute Gasteiger partial charge is 0.0595 e. The van der Waals surface area contributed by atoms with Crippen LogP contribution in [-0.4, -0.2) is 0 Å². The van der Waals surface area contributed by atoms with Gasteiger partial charge >= 0.3 is 0 Å². The Balaban J connectivity index is 3.03. The van der Waals surface area contributed by atoms with Crippen molar-refractivity contribution in [3.8, 4) is 0 Å². The van der Waals surface area contributed by atoms with E-state index in [1.807, 2.05) is 25.1 Å². The Bertz CT molecular complexity index is 329. The molecule has 0 aliphatic rings. The molecule has 0 saturated carbocycles. The highest BCUT2D eigenvalue weighted by atomic mass is 35.5. The number of halogens is 2. The first-order chi connectivity index (χ1) is 6.02. The van der Waals surface area contributed by atoms with Crippen molar-refractivity contribution in [3.63, 3.8) is 0 Å². The van der Waals surface area contributed by atoms with Gasteiger partial charge in [-0.15, -0.1) is 0 Å². The number of allylic oxidation sites excluding steroid dienone is 1. The highest BCUT2D eigenvalue weighted by Crippen LogP contribution is 2.28. The second-order valence-electron chi connectivity index (χ2n) is 3.24. The normalized spacial score (nSPS) is 12.6. The van der Waals surface area contributed by atoms with E-state index in [9.17, 15) is 0 Å². The molecule has 2 heteroatoms. The van der Waals surface area contributed by atoms with Crippen LogP contribution in [0, 0.1) is 0 Å². The van der Waals surface area contributed by atoms with E-state index in [1.165, 1.54) is 0 Å². The molecule has 0 aliphatic heterocycles. The van der Waals surface area contributed by atoms with Crippen molar-refractivity contribution in [2.75, 3.05) is 0 Å². The summed E-state index contributed by atoms with van der Waals surface area (Å²) in [5, 5.41) is 1.20. The summed E-state index contributed by atoms with van der Waals surface area (Å²) < 4.78 is 0. The Morgan fingerprint density at radius 3 is 2.38 bits per heavy atom. The van der Waals surface area contributed by atoms with Crippen molar-refractivity contribution in [1.29, 1.82) is 0 Å². The van der Waals surface area contributed by atoms with Gasteiger partial charge in [0.25, 0.3) is 0 Å². The van der Waals surface area contributed by atoms with Gasteiger partial charge in [0, 0.05) is 5.92 Å². The Labute approximate surface area is 89.2 Å². The summed E-state index contributed by atoms with van der Waals surface area (Å²) in [6.45, 7) is 8.01.